The average Bonchev–Trinajstić information content (AvgIpc) is 2.49. The normalized spacial score (nSPS) is 17.4. The molecule has 0 saturated carbocycles. The van der Waals surface area contributed by atoms with E-state index in [9.17, 15) is 0 Å². The van der Waals surface area contributed by atoms with E-state index in [4.69, 9.17) is 0 Å². The van der Waals surface area contributed by atoms with Crippen LogP contribution in [0.25, 0.3) is 10.9 Å². The molecule has 3 rings (SSSR count). The van der Waals surface area contributed by atoms with Gasteiger partial charge in [-0.2, -0.15) is 10.2 Å². The molecule has 0 unspecified atom stereocenters. The summed E-state index contributed by atoms with van der Waals surface area (Å²) >= 11 is 0. The number of fused-ring (bicyclic) bond motifs is 1. The van der Waals surface area contributed by atoms with Crippen LogP contribution in [-0.4, -0.2) is 66.3 Å². The highest BCUT2D eigenvalue weighted by Gasteiger charge is 2.12. The van der Waals surface area contributed by atoms with Crippen LogP contribution in [0.3, 0.4) is 0 Å². The zero-order valence-electron chi connectivity index (χ0n) is 11.9. The Morgan fingerprint density at radius 3 is 2.80 bits per heavy atom. The summed E-state index contributed by atoms with van der Waals surface area (Å²) in [4.78, 5) is 4.88. The summed E-state index contributed by atoms with van der Waals surface area (Å²) in [7, 11) is 2.18. The van der Waals surface area contributed by atoms with Gasteiger partial charge in [-0.1, -0.05) is 18.2 Å². The van der Waals surface area contributed by atoms with Gasteiger partial charge in [-0.25, -0.2) is 0 Å². The molecule has 5 heteroatoms. The van der Waals surface area contributed by atoms with E-state index in [0.29, 0.717) is 0 Å². The van der Waals surface area contributed by atoms with Crippen molar-refractivity contribution in [3.05, 3.63) is 30.5 Å². The van der Waals surface area contributed by atoms with Gasteiger partial charge in [0.05, 0.1) is 17.4 Å². The van der Waals surface area contributed by atoms with Gasteiger partial charge in [0, 0.05) is 44.7 Å². The second kappa shape index (κ2) is 6.15. The Morgan fingerprint density at radius 2 is 1.95 bits per heavy atom. The van der Waals surface area contributed by atoms with E-state index < -0.39 is 0 Å². The van der Waals surface area contributed by atoms with Crippen LogP contribution in [0, 0.1) is 0 Å². The maximum Gasteiger partial charge on any atom is 0.0950 e. The summed E-state index contributed by atoms with van der Waals surface area (Å²) in [6, 6.07) is 8.11. The van der Waals surface area contributed by atoms with Crippen molar-refractivity contribution in [3.63, 3.8) is 0 Å². The van der Waals surface area contributed by atoms with Crippen LogP contribution in [0.2, 0.25) is 0 Å². The lowest BCUT2D eigenvalue weighted by molar-refractivity contribution is 0.158. The lowest BCUT2D eigenvalue weighted by atomic mass is 10.2. The smallest absolute Gasteiger partial charge is 0.0950 e. The SMILES string of the molecule is CN1CCN(CCNc2cnnc3ccccc23)CC1. The highest BCUT2D eigenvalue weighted by atomic mass is 15.2. The fourth-order valence-electron chi connectivity index (χ4n) is 2.57. The second-order valence-electron chi connectivity index (χ2n) is 5.35. The number of aromatic nitrogens is 2. The van der Waals surface area contributed by atoms with Crippen LogP contribution in [0.15, 0.2) is 30.5 Å². The summed E-state index contributed by atoms with van der Waals surface area (Å²) in [5.41, 5.74) is 2.02. The Labute approximate surface area is 119 Å². The van der Waals surface area contributed by atoms with Crippen LogP contribution in [-0.2, 0) is 0 Å². The summed E-state index contributed by atoms with van der Waals surface area (Å²) in [6.07, 6.45) is 1.81. The predicted molar refractivity (Wildman–Crippen MR) is 82.0 cm³/mol. The van der Waals surface area contributed by atoms with E-state index in [2.05, 4.69) is 38.4 Å². The van der Waals surface area contributed by atoms with Crippen molar-refractivity contribution in [2.75, 3.05) is 51.6 Å². The molecule has 2 aromatic rings. The molecule has 2 heterocycles. The van der Waals surface area contributed by atoms with Gasteiger partial charge in [-0.3, -0.25) is 4.90 Å². The quantitative estimate of drug-likeness (QED) is 0.908. The van der Waals surface area contributed by atoms with Crippen molar-refractivity contribution in [2.24, 2.45) is 0 Å². The Balaban J connectivity index is 1.57. The summed E-state index contributed by atoms with van der Waals surface area (Å²) in [6.45, 7) is 6.67. The van der Waals surface area contributed by atoms with Gasteiger partial charge in [0.1, 0.15) is 0 Å². The number of benzene rings is 1. The van der Waals surface area contributed by atoms with Crippen LogP contribution in [0.5, 0.6) is 0 Å². The molecule has 1 aromatic carbocycles. The van der Waals surface area contributed by atoms with Gasteiger partial charge in [-0.05, 0) is 13.1 Å². The number of piperazine rings is 1. The molecule has 1 fully saturated rings. The Bertz CT molecular complexity index is 558. The standard InChI is InChI=1S/C15H21N5/c1-19-8-10-20(11-9-19)7-6-16-15-12-17-18-14-5-3-2-4-13(14)15/h2-5,12H,6-11H2,1H3,(H,16,18). The maximum absolute atomic E-state index is 4.14. The number of hydrogen-bond acceptors (Lipinski definition) is 5. The summed E-state index contributed by atoms with van der Waals surface area (Å²) < 4.78 is 0. The third-order valence-corrected chi connectivity index (χ3v) is 3.89. The first-order chi connectivity index (χ1) is 9.83. The first kappa shape index (κ1) is 13.3. The van der Waals surface area contributed by atoms with E-state index in [1.54, 1.807) is 0 Å². The van der Waals surface area contributed by atoms with Gasteiger partial charge >= 0.3 is 0 Å². The number of hydrogen-bond donors (Lipinski definition) is 1. The molecular formula is C15H21N5. The molecule has 106 valence electrons. The zero-order chi connectivity index (χ0) is 13.8. The highest BCUT2D eigenvalue weighted by molar-refractivity contribution is 5.90. The van der Waals surface area contributed by atoms with Crippen LogP contribution in [0.1, 0.15) is 0 Å². The van der Waals surface area contributed by atoms with Gasteiger partial charge < -0.3 is 10.2 Å². The van der Waals surface area contributed by atoms with E-state index in [-0.39, 0.29) is 0 Å². The first-order valence-electron chi connectivity index (χ1n) is 7.18. The van der Waals surface area contributed by atoms with Crippen molar-refractivity contribution in [1.82, 2.24) is 20.0 Å². The minimum atomic E-state index is 0.942. The molecule has 0 atom stereocenters. The fourth-order valence-corrected chi connectivity index (χ4v) is 2.57. The van der Waals surface area contributed by atoms with Crippen molar-refractivity contribution in [2.45, 2.75) is 0 Å². The van der Waals surface area contributed by atoms with Crippen molar-refractivity contribution < 1.29 is 0 Å². The topological polar surface area (TPSA) is 44.3 Å². The second-order valence-corrected chi connectivity index (χ2v) is 5.35. The Hall–Kier alpha value is -1.72. The summed E-state index contributed by atoms with van der Waals surface area (Å²) in [5.74, 6) is 0. The van der Waals surface area contributed by atoms with E-state index in [0.717, 1.165) is 42.8 Å². The molecule has 5 nitrogen and oxygen atoms in total. The Morgan fingerprint density at radius 1 is 1.15 bits per heavy atom. The largest absolute Gasteiger partial charge is 0.382 e. The molecule has 1 aromatic heterocycles. The van der Waals surface area contributed by atoms with Crippen LogP contribution in [0.4, 0.5) is 5.69 Å². The van der Waals surface area contributed by atoms with E-state index in [1.165, 1.54) is 13.1 Å². The zero-order valence-corrected chi connectivity index (χ0v) is 11.9. The molecule has 20 heavy (non-hydrogen) atoms. The lowest BCUT2D eigenvalue weighted by Crippen LogP contribution is -2.45. The third kappa shape index (κ3) is 3.05. The molecule has 0 spiro atoms. The molecule has 1 N–H and O–H groups in total. The van der Waals surface area contributed by atoms with Gasteiger partial charge in [-0.15, -0.1) is 0 Å². The number of rotatable bonds is 4. The van der Waals surface area contributed by atoms with Crippen LogP contribution < -0.4 is 5.32 Å². The third-order valence-electron chi connectivity index (χ3n) is 3.89. The van der Waals surface area contributed by atoms with Gasteiger partial charge in [0.25, 0.3) is 0 Å². The molecule has 1 aliphatic heterocycles. The molecule has 0 aliphatic carbocycles. The number of nitrogens with zero attached hydrogens (tertiary/aromatic N) is 4. The van der Waals surface area contributed by atoms with Crippen LogP contribution >= 0.6 is 0 Å². The molecule has 0 bridgehead atoms. The summed E-state index contributed by atoms with van der Waals surface area (Å²) in [5, 5.41) is 12.8. The van der Waals surface area contributed by atoms with E-state index in [1.807, 2.05) is 24.4 Å². The van der Waals surface area contributed by atoms with Crippen molar-refractivity contribution in [1.29, 1.82) is 0 Å². The monoisotopic (exact) mass is 271 g/mol. The minimum Gasteiger partial charge on any atom is -0.382 e. The minimum absolute atomic E-state index is 0.942. The number of nitrogens with one attached hydrogen (secondary N) is 1. The van der Waals surface area contributed by atoms with Crippen molar-refractivity contribution >= 4 is 16.6 Å². The fraction of sp³-hybridized carbons (Fsp3) is 0.467. The molecule has 1 aliphatic rings. The molecule has 1 saturated heterocycles. The predicted octanol–water partition coefficient (Wildman–Crippen LogP) is 1.29. The van der Waals surface area contributed by atoms with E-state index >= 15 is 0 Å². The Kier molecular flexibility index (Phi) is 4.08. The average molecular weight is 271 g/mol. The van der Waals surface area contributed by atoms with Gasteiger partial charge in [0.15, 0.2) is 0 Å². The molecular weight excluding hydrogens is 250 g/mol. The lowest BCUT2D eigenvalue weighted by Gasteiger charge is -2.32. The molecule has 0 radical (unpaired) electrons. The first-order valence-corrected chi connectivity index (χ1v) is 7.18. The van der Waals surface area contributed by atoms with Gasteiger partial charge in [0.2, 0.25) is 0 Å². The number of anilines is 1. The molecule has 0 amide bonds. The number of likely N-dealkylation sites (N-methyl/N-ethyl adjacent to an activating group) is 1. The highest BCUT2D eigenvalue weighted by Crippen LogP contribution is 2.19. The maximum atomic E-state index is 4.14. The van der Waals surface area contributed by atoms with Crippen molar-refractivity contribution in [3.8, 4) is 0 Å².